The smallest absolute Gasteiger partial charge is 0.0817 e. The van der Waals surface area contributed by atoms with Crippen LogP contribution in [-0.4, -0.2) is 32.8 Å². The van der Waals surface area contributed by atoms with E-state index in [1.54, 1.807) is 7.11 Å². The summed E-state index contributed by atoms with van der Waals surface area (Å²) in [6.45, 7) is 4.89. The summed E-state index contributed by atoms with van der Waals surface area (Å²) in [6.07, 6.45) is 2.90. The highest BCUT2D eigenvalue weighted by molar-refractivity contribution is 4.90. The van der Waals surface area contributed by atoms with Crippen molar-refractivity contribution in [1.29, 1.82) is 0 Å². The number of ether oxygens (including phenoxy) is 1. The molecule has 0 saturated heterocycles. The molecule has 1 unspecified atom stereocenters. The molecule has 1 atom stereocenters. The molecular formula is C9H20N2O. The van der Waals surface area contributed by atoms with Gasteiger partial charge in [-0.3, -0.25) is 0 Å². The van der Waals surface area contributed by atoms with E-state index in [0.717, 1.165) is 13.1 Å². The number of nitrogens with one attached hydrogen (secondary N) is 1. The first-order valence-electron chi connectivity index (χ1n) is 4.64. The predicted molar refractivity (Wildman–Crippen MR) is 50.1 cm³/mol. The van der Waals surface area contributed by atoms with E-state index in [1.165, 1.54) is 12.8 Å². The molecule has 3 heteroatoms. The van der Waals surface area contributed by atoms with Gasteiger partial charge in [0.15, 0.2) is 0 Å². The van der Waals surface area contributed by atoms with Crippen LogP contribution in [0, 0.1) is 5.41 Å². The molecule has 0 aromatic rings. The van der Waals surface area contributed by atoms with Gasteiger partial charge in [-0.1, -0.05) is 6.92 Å². The summed E-state index contributed by atoms with van der Waals surface area (Å²) in [6, 6.07) is 0. The van der Waals surface area contributed by atoms with Crippen LogP contribution in [-0.2, 0) is 4.74 Å². The summed E-state index contributed by atoms with van der Waals surface area (Å²) in [7, 11) is 1.71. The van der Waals surface area contributed by atoms with Gasteiger partial charge in [-0.15, -0.1) is 0 Å². The van der Waals surface area contributed by atoms with E-state index in [1.807, 2.05) is 0 Å². The van der Waals surface area contributed by atoms with E-state index in [0.29, 0.717) is 12.0 Å². The van der Waals surface area contributed by atoms with Crippen molar-refractivity contribution in [1.82, 2.24) is 5.32 Å². The first-order valence-corrected chi connectivity index (χ1v) is 4.64. The maximum Gasteiger partial charge on any atom is 0.0817 e. The van der Waals surface area contributed by atoms with Crippen molar-refractivity contribution in [3.63, 3.8) is 0 Å². The van der Waals surface area contributed by atoms with Crippen molar-refractivity contribution in [3.8, 4) is 0 Å². The molecule has 12 heavy (non-hydrogen) atoms. The lowest BCUT2D eigenvalue weighted by Gasteiger charge is -2.15. The minimum absolute atomic E-state index is 0.173. The van der Waals surface area contributed by atoms with E-state index in [2.05, 4.69) is 12.2 Å². The van der Waals surface area contributed by atoms with Crippen LogP contribution in [0.5, 0.6) is 0 Å². The minimum atomic E-state index is 0.173. The SMILES string of the molecule is COC(CN)CNCC1(C)CC1. The number of methoxy groups -OCH3 is 1. The van der Waals surface area contributed by atoms with E-state index >= 15 is 0 Å². The molecule has 1 saturated carbocycles. The third-order valence-corrected chi connectivity index (χ3v) is 2.62. The van der Waals surface area contributed by atoms with E-state index in [9.17, 15) is 0 Å². The third kappa shape index (κ3) is 3.09. The Hall–Kier alpha value is -0.120. The molecule has 1 aliphatic rings. The molecule has 1 rings (SSSR count). The lowest BCUT2D eigenvalue weighted by molar-refractivity contribution is 0.107. The maximum absolute atomic E-state index is 5.48. The Labute approximate surface area is 74.7 Å². The average Bonchev–Trinajstić information content (AvgIpc) is 2.78. The Balaban J connectivity index is 2.00. The van der Waals surface area contributed by atoms with Gasteiger partial charge in [0.05, 0.1) is 6.10 Å². The fourth-order valence-corrected chi connectivity index (χ4v) is 1.19. The fourth-order valence-electron chi connectivity index (χ4n) is 1.19. The second kappa shape index (κ2) is 4.21. The topological polar surface area (TPSA) is 47.3 Å². The highest BCUT2D eigenvalue weighted by atomic mass is 16.5. The Morgan fingerprint density at radius 1 is 1.58 bits per heavy atom. The van der Waals surface area contributed by atoms with Crippen molar-refractivity contribution in [2.75, 3.05) is 26.7 Å². The Morgan fingerprint density at radius 3 is 2.67 bits per heavy atom. The molecular weight excluding hydrogens is 152 g/mol. The largest absolute Gasteiger partial charge is 0.379 e. The second-order valence-corrected chi connectivity index (χ2v) is 4.03. The lowest BCUT2D eigenvalue weighted by Crippen LogP contribution is -2.36. The van der Waals surface area contributed by atoms with Gasteiger partial charge in [-0.05, 0) is 18.3 Å². The van der Waals surface area contributed by atoms with Crippen LogP contribution in [0.15, 0.2) is 0 Å². The molecule has 0 aromatic carbocycles. The molecule has 72 valence electrons. The van der Waals surface area contributed by atoms with Gasteiger partial charge in [0.2, 0.25) is 0 Å². The number of rotatable bonds is 6. The summed E-state index contributed by atoms with van der Waals surface area (Å²) in [5.41, 5.74) is 6.06. The van der Waals surface area contributed by atoms with E-state index < -0.39 is 0 Å². The van der Waals surface area contributed by atoms with Gasteiger partial charge in [-0.25, -0.2) is 0 Å². The van der Waals surface area contributed by atoms with Gasteiger partial charge < -0.3 is 15.8 Å². The molecule has 0 bridgehead atoms. The van der Waals surface area contributed by atoms with Crippen LogP contribution >= 0.6 is 0 Å². The Bertz CT molecular complexity index is 130. The van der Waals surface area contributed by atoms with Gasteiger partial charge in [-0.2, -0.15) is 0 Å². The standard InChI is InChI=1S/C9H20N2O/c1-9(3-4-9)7-11-6-8(5-10)12-2/h8,11H,3-7,10H2,1-2H3. The fraction of sp³-hybridized carbons (Fsp3) is 1.00. The molecule has 0 spiro atoms. The summed E-state index contributed by atoms with van der Waals surface area (Å²) in [5.74, 6) is 0. The maximum atomic E-state index is 5.48. The van der Waals surface area contributed by atoms with Crippen LogP contribution in [0.3, 0.4) is 0 Å². The molecule has 3 nitrogen and oxygen atoms in total. The molecule has 0 amide bonds. The van der Waals surface area contributed by atoms with E-state index in [4.69, 9.17) is 10.5 Å². The molecule has 0 heterocycles. The van der Waals surface area contributed by atoms with E-state index in [-0.39, 0.29) is 6.10 Å². The zero-order valence-corrected chi connectivity index (χ0v) is 8.10. The molecule has 1 fully saturated rings. The van der Waals surface area contributed by atoms with Crippen LogP contribution in [0.4, 0.5) is 0 Å². The zero-order chi connectivity index (χ0) is 9.03. The van der Waals surface area contributed by atoms with Gasteiger partial charge in [0.25, 0.3) is 0 Å². The predicted octanol–water partition coefficient (Wildman–Crippen LogP) is 0.350. The quantitative estimate of drug-likeness (QED) is 0.608. The van der Waals surface area contributed by atoms with Crippen molar-refractivity contribution in [2.24, 2.45) is 11.1 Å². The first-order chi connectivity index (χ1) is 5.70. The number of hydrogen-bond acceptors (Lipinski definition) is 3. The van der Waals surface area contributed by atoms with Crippen molar-refractivity contribution >= 4 is 0 Å². The van der Waals surface area contributed by atoms with Gasteiger partial charge >= 0.3 is 0 Å². The number of nitrogens with two attached hydrogens (primary N) is 1. The normalized spacial score (nSPS) is 22.2. The molecule has 0 aliphatic heterocycles. The monoisotopic (exact) mass is 172 g/mol. The van der Waals surface area contributed by atoms with Crippen molar-refractivity contribution in [2.45, 2.75) is 25.9 Å². The molecule has 3 N–H and O–H groups in total. The van der Waals surface area contributed by atoms with Crippen LogP contribution < -0.4 is 11.1 Å². The van der Waals surface area contributed by atoms with Crippen molar-refractivity contribution < 1.29 is 4.74 Å². The zero-order valence-electron chi connectivity index (χ0n) is 8.10. The Kier molecular flexibility index (Phi) is 3.50. The number of hydrogen-bond donors (Lipinski definition) is 2. The molecule has 0 aromatic heterocycles. The summed E-state index contributed by atoms with van der Waals surface area (Å²) in [5, 5.41) is 3.38. The van der Waals surface area contributed by atoms with Crippen LogP contribution in [0.2, 0.25) is 0 Å². The third-order valence-electron chi connectivity index (χ3n) is 2.62. The first kappa shape index (κ1) is 9.96. The minimum Gasteiger partial charge on any atom is -0.379 e. The summed E-state index contributed by atoms with van der Waals surface area (Å²) in [4.78, 5) is 0. The van der Waals surface area contributed by atoms with Crippen molar-refractivity contribution in [3.05, 3.63) is 0 Å². The van der Waals surface area contributed by atoms with Crippen LogP contribution in [0.25, 0.3) is 0 Å². The van der Waals surface area contributed by atoms with Gasteiger partial charge in [0.1, 0.15) is 0 Å². The molecule has 0 radical (unpaired) electrons. The Morgan fingerprint density at radius 2 is 2.25 bits per heavy atom. The highest BCUT2D eigenvalue weighted by Gasteiger charge is 2.36. The summed E-state index contributed by atoms with van der Waals surface area (Å²) < 4.78 is 5.15. The highest BCUT2D eigenvalue weighted by Crippen LogP contribution is 2.43. The second-order valence-electron chi connectivity index (χ2n) is 4.03. The summed E-state index contributed by atoms with van der Waals surface area (Å²) >= 11 is 0. The van der Waals surface area contributed by atoms with Gasteiger partial charge in [0, 0.05) is 26.7 Å². The average molecular weight is 172 g/mol. The lowest BCUT2D eigenvalue weighted by atomic mass is 10.1. The van der Waals surface area contributed by atoms with Crippen LogP contribution in [0.1, 0.15) is 19.8 Å². The molecule has 1 aliphatic carbocycles.